The van der Waals surface area contributed by atoms with Gasteiger partial charge in [-0.3, -0.25) is 9.59 Å². The van der Waals surface area contributed by atoms with E-state index >= 15 is 0 Å². The molecule has 0 unspecified atom stereocenters. The number of alkyl halides is 3. The summed E-state index contributed by atoms with van der Waals surface area (Å²) in [5.74, 6) is -1.38. The number of amides is 1. The average Bonchev–Trinajstić information content (AvgIpc) is 3.31. The van der Waals surface area contributed by atoms with Crippen molar-refractivity contribution >= 4 is 45.3 Å². The predicted molar refractivity (Wildman–Crippen MR) is 136 cm³/mol. The number of hydrogen-bond donors (Lipinski definition) is 0. The second kappa shape index (κ2) is 11.8. The molecule has 0 aliphatic carbocycles. The number of hydrogen-bond acceptors (Lipinski definition) is 6. The van der Waals surface area contributed by atoms with Crippen LogP contribution < -0.4 is 5.01 Å². The van der Waals surface area contributed by atoms with Gasteiger partial charge < -0.3 is 4.74 Å². The first kappa shape index (κ1) is 26.0. The third-order valence-electron chi connectivity index (χ3n) is 5.24. The topological polar surface area (TPSA) is 71.9 Å². The summed E-state index contributed by atoms with van der Waals surface area (Å²) in [5, 5.41) is 5.78. The number of para-hydroxylation sites is 1. The number of anilines is 1. The number of thiazole rings is 1. The second-order valence-electron chi connectivity index (χ2n) is 8.00. The summed E-state index contributed by atoms with van der Waals surface area (Å²) in [7, 11) is 0. The number of carbonyl (C=O) groups excluding carboxylic acids is 2. The van der Waals surface area contributed by atoms with Crippen molar-refractivity contribution in [1.82, 2.24) is 4.98 Å². The molecule has 3 aromatic carbocycles. The van der Waals surface area contributed by atoms with Crippen LogP contribution in [0.1, 0.15) is 29.0 Å². The Balaban J connectivity index is 1.38. The van der Waals surface area contributed by atoms with Crippen molar-refractivity contribution in [2.24, 2.45) is 5.10 Å². The molecule has 6 nitrogen and oxygen atoms in total. The van der Waals surface area contributed by atoms with Crippen molar-refractivity contribution in [2.75, 3.05) is 11.6 Å². The summed E-state index contributed by atoms with van der Waals surface area (Å²) in [6.45, 7) is -0.664. The van der Waals surface area contributed by atoms with Crippen LogP contribution in [0.5, 0.6) is 0 Å². The highest BCUT2D eigenvalue weighted by atomic mass is 32.1. The first-order valence-electron chi connectivity index (χ1n) is 11.4. The molecule has 0 radical (unpaired) electrons. The number of halogens is 3. The smallest absolute Gasteiger partial charge is 0.416 e. The van der Waals surface area contributed by atoms with E-state index in [1.807, 2.05) is 24.3 Å². The quantitative estimate of drug-likeness (QED) is 0.147. The van der Waals surface area contributed by atoms with Gasteiger partial charge in [-0.05, 0) is 48.7 Å². The Bertz CT molecular complexity index is 1370. The molecule has 0 aliphatic rings. The van der Waals surface area contributed by atoms with Crippen LogP contribution in [0.4, 0.5) is 18.9 Å². The molecule has 0 aliphatic heterocycles. The first-order chi connectivity index (χ1) is 17.8. The second-order valence-corrected chi connectivity index (χ2v) is 9.11. The molecule has 1 aromatic heterocycles. The Kier molecular flexibility index (Phi) is 8.29. The monoisotopic (exact) mass is 525 g/mol. The Hall–Kier alpha value is -4.05. The fourth-order valence-electron chi connectivity index (χ4n) is 3.44. The molecule has 190 valence electrons. The zero-order valence-electron chi connectivity index (χ0n) is 19.5. The third kappa shape index (κ3) is 7.23. The van der Waals surface area contributed by atoms with Crippen molar-refractivity contribution in [3.8, 4) is 0 Å². The highest BCUT2D eigenvalue weighted by molar-refractivity contribution is 7.18. The number of benzene rings is 3. The number of fused-ring (bicyclic) bond motifs is 1. The molecule has 0 saturated heterocycles. The zero-order chi connectivity index (χ0) is 26.3. The van der Waals surface area contributed by atoms with Crippen molar-refractivity contribution in [3.05, 3.63) is 95.0 Å². The molecule has 0 saturated carbocycles. The SMILES string of the molecule is O=C(CCCc1nc2ccccc2s1)OCC(=O)N(N=Cc1ccccc1)c1cccc(C(F)(F)F)c1. The van der Waals surface area contributed by atoms with E-state index < -0.39 is 30.2 Å². The van der Waals surface area contributed by atoms with Gasteiger partial charge in [0.15, 0.2) is 6.61 Å². The van der Waals surface area contributed by atoms with Crippen LogP contribution in [-0.2, 0) is 26.9 Å². The number of carbonyl (C=O) groups is 2. The lowest BCUT2D eigenvalue weighted by Crippen LogP contribution is -2.31. The number of aromatic nitrogens is 1. The molecule has 0 bridgehead atoms. The summed E-state index contributed by atoms with van der Waals surface area (Å²) in [6, 6.07) is 20.7. The zero-order valence-corrected chi connectivity index (χ0v) is 20.3. The Morgan fingerprint density at radius 3 is 2.51 bits per heavy atom. The molecule has 0 atom stereocenters. The van der Waals surface area contributed by atoms with E-state index in [2.05, 4.69) is 10.1 Å². The van der Waals surface area contributed by atoms with Crippen LogP contribution in [0.15, 0.2) is 84.0 Å². The molecular formula is C27H22F3N3O3S. The van der Waals surface area contributed by atoms with Gasteiger partial charge in [0.05, 0.1) is 32.7 Å². The van der Waals surface area contributed by atoms with Crippen molar-refractivity contribution in [2.45, 2.75) is 25.4 Å². The Morgan fingerprint density at radius 1 is 1.00 bits per heavy atom. The molecule has 4 rings (SSSR count). The molecule has 4 aromatic rings. The number of aryl methyl sites for hydroxylation is 1. The van der Waals surface area contributed by atoms with Crippen molar-refractivity contribution < 1.29 is 27.5 Å². The number of ether oxygens (including phenoxy) is 1. The summed E-state index contributed by atoms with van der Waals surface area (Å²) in [4.78, 5) is 29.6. The van der Waals surface area contributed by atoms with Crippen LogP contribution in [0, 0.1) is 0 Å². The van der Waals surface area contributed by atoms with E-state index in [4.69, 9.17) is 4.74 Å². The first-order valence-corrected chi connectivity index (χ1v) is 12.2. The number of esters is 1. The fraction of sp³-hybridized carbons (Fsp3) is 0.185. The number of rotatable bonds is 9. The van der Waals surface area contributed by atoms with E-state index in [-0.39, 0.29) is 12.1 Å². The summed E-state index contributed by atoms with van der Waals surface area (Å²) < 4.78 is 45.8. The highest BCUT2D eigenvalue weighted by Crippen LogP contribution is 2.32. The standard InChI is InChI=1S/C27H22F3N3O3S/c28-27(29,30)20-10-6-11-21(16-20)33(31-17-19-8-2-1-3-9-19)25(34)18-36-26(35)15-7-14-24-32-22-12-4-5-13-23(22)37-24/h1-6,8-13,16-17H,7,14-15,18H2. The molecule has 1 amide bonds. The maximum atomic E-state index is 13.2. The van der Waals surface area contributed by atoms with Crippen molar-refractivity contribution in [3.63, 3.8) is 0 Å². The molecule has 0 spiro atoms. The van der Waals surface area contributed by atoms with Crippen LogP contribution in [-0.4, -0.2) is 29.7 Å². The van der Waals surface area contributed by atoms with Gasteiger partial charge in [0.2, 0.25) is 0 Å². The number of nitrogens with zero attached hydrogens (tertiary/aromatic N) is 3. The van der Waals surface area contributed by atoms with Crippen LogP contribution in [0.3, 0.4) is 0 Å². The van der Waals surface area contributed by atoms with Gasteiger partial charge >= 0.3 is 12.1 Å². The molecule has 37 heavy (non-hydrogen) atoms. The minimum atomic E-state index is -4.59. The van der Waals surface area contributed by atoms with Gasteiger partial charge in [0.25, 0.3) is 5.91 Å². The third-order valence-corrected chi connectivity index (χ3v) is 6.34. The van der Waals surface area contributed by atoms with Gasteiger partial charge in [0.1, 0.15) is 0 Å². The van der Waals surface area contributed by atoms with Gasteiger partial charge in [-0.15, -0.1) is 11.3 Å². The van der Waals surface area contributed by atoms with Crippen LogP contribution in [0.2, 0.25) is 0 Å². The number of hydrazone groups is 1. The Morgan fingerprint density at radius 2 is 1.76 bits per heavy atom. The fourth-order valence-corrected chi connectivity index (χ4v) is 4.45. The molecule has 0 fully saturated rings. The van der Waals surface area contributed by atoms with E-state index in [0.717, 1.165) is 32.4 Å². The van der Waals surface area contributed by atoms with Gasteiger partial charge in [0, 0.05) is 6.42 Å². The average molecular weight is 526 g/mol. The van der Waals surface area contributed by atoms with Gasteiger partial charge in [-0.2, -0.15) is 23.3 Å². The summed E-state index contributed by atoms with van der Waals surface area (Å²) >= 11 is 1.56. The lowest BCUT2D eigenvalue weighted by atomic mass is 10.2. The lowest BCUT2D eigenvalue weighted by molar-refractivity contribution is -0.147. The molecule has 1 heterocycles. The highest BCUT2D eigenvalue weighted by Gasteiger charge is 2.31. The maximum Gasteiger partial charge on any atom is 0.416 e. The minimum Gasteiger partial charge on any atom is -0.455 e. The maximum absolute atomic E-state index is 13.2. The normalized spacial score (nSPS) is 11.6. The predicted octanol–water partition coefficient (Wildman–Crippen LogP) is 6.25. The van der Waals surface area contributed by atoms with Gasteiger partial charge in [-0.25, -0.2) is 4.98 Å². The van der Waals surface area contributed by atoms with Crippen molar-refractivity contribution in [1.29, 1.82) is 0 Å². The molecule has 0 N–H and O–H groups in total. The molecular weight excluding hydrogens is 503 g/mol. The Labute approximate surface area is 215 Å². The van der Waals surface area contributed by atoms with E-state index in [9.17, 15) is 22.8 Å². The lowest BCUT2D eigenvalue weighted by Gasteiger charge is -2.18. The van der Waals surface area contributed by atoms with E-state index in [1.165, 1.54) is 18.3 Å². The molecule has 10 heteroatoms. The minimum absolute atomic E-state index is 0.0695. The van der Waals surface area contributed by atoms with E-state index in [0.29, 0.717) is 18.4 Å². The largest absolute Gasteiger partial charge is 0.455 e. The van der Waals surface area contributed by atoms with Crippen LogP contribution >= 0.6 is 11.3 Å². The van der Waals surface area contributed by atoms with Gasteiger partial charge in [-0.1, -0.05) is 48.5 Å². The summed E-state index contributed by atoms with van der Waals surface area (Å²) in [6.07, 6.45) is -2.11. The van der Waals surface area contributed by atoms with E-state index in [1.54, 1.807) is 41.7 Å². The summed E-state index contributed by atoms with van der Waals surface area (Å²) in [5.41, 5.74) is 0.518. The van der Waals surface area contributed by atoms with Crippen LogP contribution in [0.25, 0.3) is 10.2 Å².